The minimum Gasteiger partial charge on any atom is -0.448 e. The van der Waals surface area contributed by atoms with Crippen LogP contribution in [0.5, 0.6) is 0 Å². The van der Waals surface area contributed by atoms with Gasteiger partial charge in [0.15, 0.2) is 0 Å². The molecule has 0 saturated heterocycles. The molecule has 1 N–H and O–H groups in total. The molecule has 7 nitrogen and oxygen atoms in total. The smallest absolute Gasteiger partial charge is 0.421 e. The molecule has 0 aliphatic carbocycles. The zero-order valence-electron chi connectivity index (χ0n) is 18.7. The predicted octanol–water partition coefficient (Wildman–Crippen LogP) is 4.49. The van der Waals surface area contributed by atoms with Crippen LogP contribution in [0.1, 0.15) is 42.3 Å². The summed E-state index contributed by atoms with van der Waals surface area (Å²) >= 11 is 0. The number of aryl methyl sites for hydroxylation is 3. The second-order valence-corrected chi connectivity index (χ2v) is 9.45. The normalized spacial score (nSPS) is 11.3. The molecule has 0 saturated carbocycles. The van der Waals surface area contributed by atoms with Crippen molar-refractivity contribution in [1.29, 1.82) is 0 Å². The molecule has 1 heterocycles. The van der Waals surface area contributed by atoms with Crippen LogP contribution in [-0.4, -0.2) is 30.9 Å². The fourth-order valence-electron chi connectivity index (χ4n) is 3.26. The first-order chi connectivity index (χ1) is 15.3. The summed E-state index contributed by atoms with van der Waals surface area (Å²) in [5.41, 5.74) is 5.04. The van der Waals surface area contributed by atoms with E-state index in [1.165, 1.54) is 12.1 Å². The second-order valence-electron chi connectivity index (χ2n) is 7.76. The molecule has 8 heteroatoms. The van der Waals surface area contributed by atoms with E-state index in [-0.39, 0.29) is 11.5 Å². The molecule has 0 bridgehead atoms. The monoisotopic (exact) mass is 455 g/mol. The van der Waals surface area contributed by atoms with Crippen LogP contribution < -0.4 is 4.72 Å². The lowest BCUT2D eigenvalue weighted by molar-refractivity contribution is 0.154. The summed E-state index contributed by atoms with van der Waals surface area (Å²) in [6, 6.07) is 16.2. The van der Waals surface area contributed by atoms with Crippen molar-refractivity contribution in [2.75, 3.05) is 6.61 Å². The fourth-order valence-corrected chi connectivity index (χ4v) is 4.15. The summed E-state index contributed by atoms with van der Waals surface area (Å²) in [7, 11) is -3.95. The van der Waals surface area contributed by atoms with E-state index in [2.05, 4.69) is 18.1 Å². The van der Waals surface area contributed by atoms with Gasteiger partial charge in [0, 0.05) is 12.1 Å². The van der Waals surface area contributed by atoms with Gasteiger partial charge in [-0.1, -0.05) is 43.2 Å². The highest BCUT2D eigenvalue weighted by atomic mass is 32.2. The van der Waals surface area contributed by atoms with E-state index in [0.717, 1.165) is 47.5 Å². The Hall–Kier alpha value is -3.13. The van der Waals surface area contributed by atoms with Gasteiger partial charge < -0.3 is 4.74 Å². The Morgan fingerprint density at radius 3 is 2.38 bits per heavy atom. The third-order valence-corrected chi connectivity index (χ3v) is 6.41. The second kappa shape index (κ2) is 10.5. The number of unbranched alkanes of at least 4 members (excludes halogenated alkanes) is 1. The van der Waals surface area contributed by atoms with Gasteiger partial charge in [0.05, 0.1) is 22.9 Å². The minimum absolute atomic E-state index is 0.0161. The number of nitrogens with zero attached hydrogens (tertiary/aromatic N) is 2. The van der Waals surface area contributed by atoms with E-state index in [9.17, 15) is 13.2 Å². The quantitative estimate of drug-likeness (QED) is 0.513. The Kier molecular flexibility index (Phi) is 7.69. The van der Waals surface area contributed by atoms with E-state index in [1.54, 1.807) is 12.1 Å². The van der Waals surface area contributed by atoms with Gasteiger partial charge in [0.25, 0.3) is 10.0 Å². The van der Waals surface area contributed by atoms with E-state index < -0.39 is 16.1 Å². The highest BCUT2D eigenvalue weighted by Gasteiger charge is 2.18. The summed E-state index contributed by atoms with van der Waals surface area (Å²) < 4.78 is 33.4. The van der Waals surface area contributed by atoms with Crippen LogP contribution in [0.25, 0.3) is 5.69 Å². The summed E-state index contributed by atoms with van der Waals surface area (Å²) in [6.45, 7) is 6.12. The Labute approximate surface area is 189 Å². The number of hydrogen-bond acceptors (Lipinski definition) is 5. The van der Waals surface area contributed by atoms with Crippen molar-refractivity contribution in [3.63, 3.8) is 0 Å². The molecule has 0 fully saturated rings. The third kappa shape index (κ3) is 6.20. The standard InChI is InChI=1S/C24H29N3O4S/c1-4-5-6-21-17-19(3)27(25-21)22-11-9-20(10-12-22)15-16-31-24(28)26-32(29,30)23-13-7-18(2)8-14-23/h7-14,17H,4-6,15-16H2,1-3H3,(H,26,28). The molecule has 0 aliphatic rings. The van der Waals surface area contributed by atoms with Gasteiger partial charge in [-0.25, -0.2) is 22.6 Å². The Morgan fingerprint density at radius 2 is 1.72 bits per heavy atom. The molecule has 0 spiro atoms. The lowest BCUT2D eigenvalue weighted by atomic mass is 10.1. The number of nitrogens with one attached hydrogen (secondary N) is 1. The van der Waals surface area contributed by atoms with Gasteiger partial charge in [0.1, 0.15) is 0 Å². The van der Waals surface area contributed by atoms with Crippen LogP contribution in [0.4, 0.5) is 4.79 Å². The Morgan fingerprint density at radius 1 is 1.03 bits per heavy atom. The van der Waals surface area contributed by atoms with Gasteiger partial charge in [-0.3, -0.25) is 0 Å². The summed E-state index contributed by atoms with van der Waals surface area (Å²) in [4.78, 5) is 11.9. The average Bonchev–Trinajstić information content (AvgIpc) is 3.13. The van der Waals surface area contributed by atoms with Crippen molar-refractivity contribution in [1.82, 2.24) is 14.5 Å². The summed E-state index contributed by atoms with van der Waals surface area (Å²) in [6.07, 6.45) is 2.71. The topological polar surface area (TPSA) is 90.3 Å². The predicted molar refractivity (Wildman–Crippen MR) is 123 cm³/mol. The van der Waals surface area contributed by atoms with Crippen molar-refractivity contribution >= 4 is 16.1 Å². The van der Waals surface area contributed by atoms with Crippen LogP contribution in [0.15, 0.2) is 59.5 Å². The van der Waals surface area contributed by atoms with Crippen molar-refractivity contribution in [3.8, 4) is 5.69 Å². The third-order valence-electron chi connectivity index (χ3n) is 5.08. The average molecular weight is 456 g/mol. The molecule has 32 heavy (non-hydrogen) atoms. The molecular weight excluding hydrogens is 426 g/mol. The van der Waals surface area contributed by atoms with Crippen molar-refractivity contribution in [2.45, 2.75) is 51.3 Å². The number of amides is 1. The van der Waals surface area contributed by atoms with E-state index in [4.69, 9.17) is 4.74 Å². The van der Waals surface area contributed by atoms with Gasteiger partial charge in [-0.2, -0.15) is 5.10 Å². The first-order valence-corrected chi connectivity index (χ1v) is 12.2. The van der Waals surface area contributed by atoms with Crippen molar-refractivity contribution in [3.05, 3.63) is 77.1 Å². The molecule has 0 radical (unpaired) electrons. The minimum atomic E-state index is -3.95. The molecule has 3 aromatic rings. The maximum Gasteiger partial charge on any atom is 0.421 e. The van der Waals surface area contributed by atoms with Crippen LogP contribution in [0.2, 0.25) is 0 Å². The van der Waals surface area contributed by atoms with Crippen molar-refractivity contribution in [2.24, 2.45) is 0 Å². The molecule has 3 rings (SSSR count). The first-order valence-electron chi connectivity index (χ1n) is 10.7. The highest BCUT2D eigenvalue weighted by molar-refractivity contribution is 7.90. The molecule has 1 aromatic heterocycles. The van der Waals surface area contributed by atoms with Crippen molar-refractivity contribution < 1.29 is 17.9 Å². The zero-order chi connectivity index (χ0) is 23.1. The maximum absolute atomic E-state index is 12.2. The van der Waals surface area contributed by atoms with Crippen LogP contribution in [0.3, 0.4) is 0 Å². The van der Waals surface area contributed by atoms with Gasteiger partial charge >= 0.3 is 6.09 Å². The van der Waals surface area contributed by atoms with Crippen LogP contribution in [-0.2, 0) is 27.6 Å². The molecule has 2 aromatic carbocycles. The first kappa shape index (κ1) is 23.5. The molecule has 170 valence electrons. The van der Waals surface area contributed by atoms with Crippen LogP contribution >= 0.6 is 0 Å². The lowest BCUT2D eigenvalue weighted by Crippen LogP contribution is -2.31. The lowest BCUT2D eigenvalue weighted by Gasteiger charge is -2.09. The van der Waals surface area contributed by atoms with E-state index in [0.29, 0.717) is 6.42 Å². The summed E-state index contributed by atoms with van der Waals surface area (Å²) in [5.74, 6) is 0. The number of benzene rings is 2. The highest BCUT2D eigenvalue weighted by Crippen LogP contribution is 2.15. The SMILES string of the molecule is CCCCc1cc(C)n(-c2ccc(CCOC(=O)NS(=O)(=O)c3ccc(C)cc3)cc2)n1. The number of aromatic nitrogens is 2. The molecule has 0 aliphatic heterocycles. The zero-order valence-corrected chi connectivity index (χ0v) is 19.5. The fraction of sp³-hybridized carbons (Fsp3) is 0.333. The van der Waals surface area contributed by atoms with E-state index in [1.807, 2.05) is 47.5 Å². The maximum atomic E-state index is 12.2. The number of ether oxygens (including phenoxy) is 1. The Balaban J connectivity index is 1.52. The Bertz CT molecular complexity index is 1150. The number of hydrogen-bond donors (Lipinski definition) is 1. The largest absolute Gasteiger partial charge is 0.448 e. The molecule has 1 amide bonds. The number of carbonyl (C=O) groups excluding carboxylic acids is 1. The molecule has 0 atom stereocenters. The number of carbonyl (C=O) groups is 1. The summed E-state index contributed by atoms with van der Waals surface area (Å²) in [5, 5.41) is 4.68. The number of rotatable bonds is 9. The number of sulfonamides is 1. The van der Waals surface area contributed by atoms with Gasteiger partial charge in [0.2, 0.25) is 0 Å². The van der Waals surface area contributed by atoms with E-state index >= 15 is 0 Å². The van der Waals surface area contributed by atoms with Gasteiger partial charge in [-0.05, 0) is 62.6 Å². The van der Waals surface area contributed by atoms with Crippen LogP contribution in [0, 0.1) is 13.8 Å². The van der Waals surface area contributed by atoms with Gasteiger partial charge in [-0.15, -0.1) is 0 Å². The molecule has 0 unspecified atom stereocenters. The molecular formula is C24H29N3O4S.